The molecule has 0 bridgehead atoms. The smallest absolute Gasteiger partial charge is 0.164 e. The van der Waals surface area contributed by atoms with E-state index >= 15 is 0 Å². The summed E-state index contributed by atoms with van der Waals surface area (Å²) in [5.74, 6) is 2.59. The van der Waals surface area contributed by atoms with Crippen LogP contribution in [0.15, 0.2) is 205 Å². The fraction of sp³-hybridized carbons (Fsp3) is 0. The molecule has 0 N–H and O–H groups in total. The highest BCUT2D eigenvalue weighted by Gasteiger charge is 2.21. The lowest BCUT2D eigenvalue weighted by Gasteiger charge is -2.13. The van der Waals surface area contributed by atoms with Crippen LogP contribution in [-0.2, 0) is 0 Å². The van der Waals surface area contributed by atoms with E-state index < -0.39 is 0 Å². The van der Waals surface area contributed by atoms with E-state index in [4.69, 9.17) is 24.4 Å². The molecule has 6 nitrogen and oxygen atoms in total. The van der Waals surface area contributed by atoms with Crippen LogP contribution in [0.3, 0.4) is 0 Å². The van der Waals surface area contributed by atoms with Crippen LogP contribution in [-0.4, -0.2) is 24.5 Å². The van der Waals surface area contributed by atoms with Crippen molar-refractivity contribution in [1.82, 2.24) is 24.5 Å². The predicted molar refractivity (Wildman–Crippen MR) is 234 cm³/mol. The van der Waals surface area contributed by atoms with Gasteiger partial charge in [-0.15, -0.1) is 0 Å². The van der Waals surface area contributed by atoms with Crippen molar-refractivity contribution in [2.75, 3.05) is 0 Å². The maximum absolute atomic E-state index is 6.54. The van der Waals surface area contributed by atoms with Crippen molar-refractivity contribution in [1.29, 1.82) is 0 Å². The van der Waals surface area contributed by atoms with Gasteiger partial charge in [-0.2, -0.15) is 0 Å². The second kappa shape index (κ2) is 14.0. The highest BCUT2D eigenvalue weighted by atomic mass is 16.3. The average molecular weight is 744 g/mol. The number of rotatable bonds is 7. The molecule has 3 heterocycles. The summed E-state index contributed by atoms with van der Waals surface area (Å²) >= 11 is 0. The van der Waals surface area contributed by atoms with Gasteiger partial charge in [0.2, 0.25) is 0 Å². The zero-order valence-corrected chi connectivity index (χ0v) is 31.2. The molecule has 0 amide bonds. The molecule has 0 fully saturated rings. The molecule has 0 saturated heterocycles. The summed E-state index contributed by atoms with van der Waals surface area (Å²) in [4.78, 5) is 20.8. The van der Waals surface area contributed by atoms with Gasteiger partial charge in [0.1, 0.15) is 17.0 Å². The Morgan fingerprint density at radius 1 is 0.362 bits per heavy atom. The molecule has 6 heteroatoms. The van der Waals surface area contributed by atoms with E-state index in [1.807, 2.05) is 72.8 Å². The maximum atomic E-state index is 6.54. The Morgan fingerprint density at radius 2 is 0.931 bits per heavy atom. The molecule has 0 unspecified atom stereocenters. The largest absolute Gasteiger partial charge is 0.456 e. The second-order valence-electron chi connectivity index (χ2n) is 14.3. The van der Waals surface area contributed by atoms with E-state index in [1.165, 1.54) is 0 Å². The minimum Gasteiger partial charge on any atom is -0.456 e. The average Bonchev–Trinajstić information content (AvgIpc) is 3.89. The third-order valence-electron chi connectivity index (χ3n) is 10.6. The molecule has 11 aromatic rings. The summed E-state index contributed by atoms with van der Waals surface area (Å²) < 4.78 is 8.76. The van der Waals surface area contributed by atoms with Gasteiger partial charge in [0.25, 0.3) is 0 Å². The minimum atomic E-state index is 0.561. The van der Waals surface area contributed by atoms with Crippen LogP contribution in [0.25, 0.3) is 106 Å². The standard InChI is InChI=1S/C52H33N5O/c1-5-16-34(17-6-1)38-30-39(35-18-7-2-8-19-35)32-40(31-38)50-54-49(36-20-9-3-10-21-36)55-51(56-50)42-24-15-27-47-48(42)43-33-37(28-29-46(43)58-47)52-53-44-25-13-14-26-45(44)57(52)41-22-11-4-12-23-41/h1-33H. The molecule has 58 heavy (non-hydrogen) atoms. The molecular weight excluding hydrogens is 711 g/mol. The van der Waals surface area contributed by atoms with E-state index in [2.05, 4.69) is 132 Å². The van der Waals surface area contributed by atoms with Crippen LogP contribution in [0.2, 0.25) is 0 Å². The Bertz CT molecular complexity index is 3210. The number of aromatic nitrogens is 5. The van der Waals surface area contributed by atoms with Gasteiger partial charge in [-0.1, -0.05) is 133 Å². The highest BCUT2D eigenvalue weighted by molar-refractivity contribution is 6.12. The van der Waals surface area contributed by atoms with Crippen LogP contribution < -0.4 is 0 Å². The number of fused-ring (bicyclic) bond motifs is 4. The second-order valence-corrected chi connectivity index (χ2v) is 14.3. The quantitative estimate of drug-likeness (QED) is 0.163. The van der Waals surface area contributed by atoms with Crippen molar-refractivity contribution in [3.8, 4) is 73.5 Å². The number of furan rings is 1. The van der Waals surface area contributed by atoms with Gasteiger partial charge in [-0.25, -0.2) is 19.9 Å². The first-order valence-corrected chi connectivity index (χ1v) is 19.3. The molecule has 0 spiro atoms. The molecule has 8 aromatic carbocycles. The summed E-state index contributed by atoms with van der Waals surface area (Å²) in [7, 11) is 0. The summed E-state index contributed by atoms with van der Waals surface area (Å²) in [6.07, 6.45) is 0. The maximum Gasteiger partial charge on any atom is 0.164 e. The number of imidazole rings is 1. The number of para-hydroxylation sites is 3. The van der Waals surface area contributed by atoms with Gasteiger partial charge >= 0.3 is 0 Å². The van der Waals surface area contributed by atoms with Crippen LogP contribution in [0.5, 0.6) is 0 Å². The zero-order valence-electron chi connectivity index (χ0n) is 31.2. The molecule has 0 aliphatic carbocycles. The Hall–Kier alpha value is -7.96. The van der Waals surface area contributed by atoms with Crippen molar-refractivity contribution < 1.29 is 4.42 Å². The normalized spacial score (nSPS) is 11.4. The molecule has 3 aromatic heterocycles. The van der Waals surface area contributed by atoms with Gasteiger partial charge in [-0.05, 0) is 89.0 Å². The lowest BCUT2D eigenvalue weighted by atomic mass is 9.96. The number of benzene rings is 8. The Morgan fingerprint density at radius 3 is 1.62 bits per heavy atom. The molecule has 272 valence electrons. The molecule has 0 aliphatic rings. The first-order chi connectivity index (χ1) is 28.7. The van der Waals surface area contributed by atoms with Gasteiger partial charge < -0.3 is 4.42 Å². The van der Waals surface area contributed by atoms with E-state index in [0.29, 0.717) is 17.5 Å². The SMILES string of the molecule is c1ccc(-c2cc(-c3ccccc3)cc(-c3nc(-c4ccccc4)nc(-c4cccc5oc6ccc(-c7nc8ccccc8n7-c7ccccc7)cc6c45)n3)c2)cc1. The highest BCUT2D eigenvalue weighted by Crippen LogP contribution is 2.40. The summed E-state index contributed by atoms with van der Waals surface area (Å²) in [6, 6.07) is 68.6. The third-order valence-corrected chi connectivity index (χ3v) is 10.6. The number of hydrogen-bond donors (Lipinski definition) is 0. The van der Waals surface area contributed by atoms with Crippen molar-refractivity contribution in [2.45, 2.75) is 0 Å². The van der Waals surface area contributed by atoms with Crippen LogP contribution >= 0.6 is 0 Å². The van der Waals surface area contributed by atoms with Gasteiger partial charge in [0, 0.05) is 38.7 Å². The lowest BCUT2D eigenvalue weighted by Crippen LogP contribution is -2.01. The fourth-order valence-corrected chi connectivity index (χ4v) is 7.90. The number of hydrogen-bond acceptors (Lipinski definition) is 5. The third kappa shape index (κ3) is 5.92. The Balaban J connectivity index is 1.13. The van der Waals surface area contributed by atoms with Crippen LogP contribution in [0.1, 0.15) is 0 Å². The first-order valence-electron chi connectivity index (χ1n) is 19.3. The lowest BCUT2D eigenvalue weighted by molar-refractivity contribution is 0.669. The summed E-state index contributed by atoms with van der Waals surface area (Å²) in [5, 5.41) is 1.89. The van der Waals surface area contributed by atoms with Crippen molar-refractivity contribution >= 4 is 33.0 Å². The van der Waals surface area contributed by atoms with Gasteiger partial charge in [-0.3, -0.25) is 4.57 Å². The van der Waals surface area contributed by atoms with Crippen molar-refractivity contribution in [3.63, 3.8) is 0 Å². The van der Waals surface area contributed by atoms with Gasteiger partial charge in [0.05, 0.1) is 11.0 Å². The Labute approximate surface area is 334 Å². The summed E-state index contributed by atoms with van der Waals surface area (Å²) in [5.41, 5.74) is 12.6. The van der Waals surface area contributed by atoms with Crippen molar-refractivity contribution in [2.24, 2.45) is 0 Å². The first kappa shape index (κ1) is 33.4. The summed E-state index contributed by atoms with van der Waals surface area (Å²) in [6.45, 7) is 0. The predicted octanol–water partition coefficient (Wildman–Crippen LogP) is 13.1. The molecule has 0 aliphatic heterocycles. The zero-order chi connectivity index (χ0) is 38.4. The molecule has 0 saturated carbocycles. The fourth-order valence-electron chi connectivity index (χ4n) is 7.90. The van der Waals surface area contributed by atoms with Crippen molar-refractivity contribution in [3.05, 3.63) is 200 Å². The topological polar surface area (TPSA) is 69.6 Å². The van der Waals surface area contributed by atoms with E-state index in [9.17, 15) is 0 Å². The number of nitrogens with zero attached hydrogens (tertiary/aromatic N) is 5. The Kier molecular flexibility index (Phi) is 8.04. The van der Waals surface area contributed by atoms with Crippen LogP contribution in [0.4, 0.5) is 0 Å². The van der Waals surface area contributed by atoms with Crippen LogP contribution in [0, 0.1) is 0 Å². The van der Waals surface area contributed by atoms with E-state index in [1.54, 1.807) is 0 Å². The molecule has 11 rings (SSSR count). The molecule has 0 atom stereocenters. The van der Waals surface area contributed by atoms with E-state index in [-0.39, 0.29) is 0 Å². The van der Waals surface area contributed by atoms with Gasteiger partial charge in [0.15, 0.2) is 17.5 Å². The molecule has 0 radical (unpaired) electrons. The molecular formula is C52H33N5O. The van der Waals surface area contributed by atoms with E-state index in [0.717, 1.165) is 89.0 Å². The monoisotopic (exact) mass is 743 g/mol. The minimum absolute atomic E-state index is 0.561.